The maximum absolute atomic E-state index is 12.6. The molecule has 2 aliphatic rings. The lowest BCUT2D eigenvalue weighted by molar-refractivity contribution is -0.172. The van der Waals surface area contributed by atoms with Crippen molar-refractivity contribution >= 4 is 5.91 Å². The topological polar surface area (TPSA) is 68.5 Å². The third kappa shape index (κ3) is 3.21. The largest absolute Gasteiger partial charge is 0.378 e. The number of carbonyl (C=O) groups is 1. The Balaban J connectivity index is 1.51. The van der Waals surface area contributed by atoms with E-state index in [2.05, 4.69) is 17.1 Å². The highest BCUT2D eigenvalue weighted by Crippen LogP contribution is 2.56. The molecule has 0 aliphatic heterocycles. The molecule has 0 bridgehead atoms. The first kappa shape index (κ1) is 17.4. The van der Waals surface area contributed by atoms with Crippen LogP contribution < -0.4 is 0 Å². The molecule has 1 aromatic heterocycles. The molecular formula is C18H29N3O3. The van der Waals surface area contributed by atoms with E-state index >= 15 is 0 Å². The number of aryl methyl sites for hydroxylation is 2. The molecule has 1 heterocycles. The number of nitrogens with zero attached hydrogens (tertiary/aromatic N) is 3. The van der Waals surface area contributed by atoms with E-state index in [9.17, 15) is 4.79 Å². The quantitative estimate of drug-likeness (QED) is 0.766. The number of hydrogen-bond donors (Lipinski definition) is 0. The van der Waals surface area contributed by atoms with Crippen molar-refractivity contribution in [2.24, 2.45) is 5.41 Å². The third-order valence-corrected chi connectivity index (χ3v) is 5.86. The fourth-order valence-electron chi connectivity index (χ4n) is 4.58. The summed E-state index contributed by atoms with van der Waals surface area (Å²) >= 11 is 0. The van der Waals surface area contributed by atoms with Crippen molar-refractivity contribution in [3.8, 4) is 0 Å². The minimum absolute atomic E-state index is 0.212. The van der Waals surface area contributed by atoms with Crippen molar-refractivity contribution in [1.29, 1.82) is 0 Å². The first-order valence-corrected chi connectivity index (χ1v) is 9.23. The summed E-state index contributed by atoms with van der Waals surface area (Å²) in [5.74, 6) is 1.49. The fourth-order valence-corrected chi connectivity index (χ4v) is 4.58. The van der Waals surface area contributed by atoms with Gasteiger partial charge in [-0.15, -0.1) is 0 Å². The minimum atomic E-state index is 0.212. The number of ether oxygens (including phenoxy) is 1. The van der Waals surface area contributed by atoms with Gasteiger partial charge in [0.25, 0.3) is 0 Å². The summed E-state index contributed by atoms with van der Waals surface area (Å²) in [5, 5.41) is 3.78. The van der Waals surface area contributed by atoms with Gasteiger partial charge in [0.2, 0.25) is 11.8 Å². The molecular weight excluding hydrogens is 306 g/mol. The van der Waals surface area contributed by atoms with Gasteiger partial charge in [-0.2, -0.15) is 4.98 Å². The monoisotopic (exact) mass is 335 g/mol. The summed E-state index contributed by atoms with van der Waals surface area (Å²) in [6, 6.07) is 0.342. The Hall–Kier alpha value is -1.43. The van der Waals surface area contributed by atoms with Crippen molar-refractivity contribution in [3.63, 3.8) is 0 Å². The Morgan fingerprint density at radius 3 is 2.79 bits per heavy atom. The van der Waals surface area contributed by atoms with Gasteiger partial charge in [-0.3, -0.25) is 4.79 Å². The summed E-state index contributed by atoms with van der Waals surface area (Å²) in [7, 11) is 1.96. The zero-order chi connectivity index (χ0) is 17.2. The highest BCUT2D eigenvalue weighted by atomic mass is 16.5. The van der Waals surface area contributed by atoms with E-state index in [1.54, 1.807) is 6.92 Å². The van der Waals surface area contributed by atoms with Crippen LogP contribution in [0.1, 0.15) is 63.6 Å². The molecule has 0 aromatic carbocycles. The average Bonchev–Trinajstić information content (AvgIpc) is 3.21. The normalized spacial score (nSPS) is 25.0. The van der Waals surface area contributed by atoms with E-state index in [0.29, 0.717) is 36.7 Å². The van der Waals surface area contributed by atoms with Gasteiger partial charge < -0.3 is 14.2 Å². The van der Waals surface area contributed by atoms with Gasteiger partial charge in [0.1, 0.15) is 0 Å². The van der Waals surface area contributed by atoms with Crippen molar-refractivity contribution in [1.82, 2.24) is 15.0 Å². The Morgan fingerprint density at radius 1 is 1.42 bits per heavy atom. The molecule has 6 nitrogen and oxygen atoms in total. The van der Waals surface area contributed by atoms with Crippen molar-refractivity contribution in [2.75, 3.05) is 13.7 Å². The van der Waals surface area contributed by atoms with Gasteiger partial charge in [0.15, 0.2) is 5.82 Å². The summed E-state index contributed by atoms with van der Waals surface area (Å²) in [4.78, 5) is 18.8. The molecule has 2 fully saturated rings. The second-order valence-corrected chi connectivity index (χ2v) is 7.23. The molecule has 6 heteroatoms. The molecule has 1 amide bonds. The van der Waals surface area contributed by atoms with Crippen LogP contribution in [0.2, 0.25) is 0 Å². The van der Waals surface area contributed by atoms with Crippen LogP contribution in [0.3, 0.4) is 0 Å². The molecule has 134 valence electrons. The van der Waals surface area contributed by atoms with Crippen LogP contribution in [0.4, 0.5) is 0 Å². The van der Waals surface area contributed by atoms with Gasteiger partial charge in [-0.05, 0) is 39.5 Å². The maximum atomic E-state index is 12.6. The van der Waals surface area contributed by atoms with E-state index in [1.165, 1.54) is 25.7 Å². The van der Waals surface area contributed by atoms with E-state index in [1.807, 2.05) is 11.9 Å². The van der Waals surface area contributed by atoms with Crippen LogP contribution in [0, 0.1) is 12.3 Å². The lowest BCUT2D eigenvalue weighted by atomic mass is 9.60. The number of hydrogen-bond acceptors (Lipinski definition) is 5. The van der Waals surface area contributed by atoms with Crippen LogP contribution in [0.5, 0.6) is 0 Å². The van der Waals surface area contributed by atoms with E-state index in [-0.39, 0.29) is 11.3 Å². The van der Waals surface area contributed by atoms with Crippen LogP contribution >= 0.6 is 0 Å². The number of rotatable bonds is 7. The number of carbonyl (C=O) groups excluding carboxylic acids is 1. The average molecular weight is 335 g/mol. The summed E-state index contributed by atoms with van der Waals surface area (Å²) < 4.78 is 11.1. The van der Waals surface area contributed by atoms with E-state index in [0.717, 1.165) is 19.4 Å². The van der Waals surface area contributed by atoms with Crippen LogP contribution in [0.15, 0.2) is 4.52 Å². The van der Waals surface area contributed by atoms with Crippen LogP contribution in [-0.4, -0.2) is 46.7 Å². The summed E-state index contributed by atoms with van der Waals surface area (Å²) in [5.41, 5.74) is 0.212. The zero-order valence-corrected chi connectivity index (χ0v) is 15.1. The van der Waals surface area contributed by atoms with E-state index < -0.39 is 0 Å². The zero-order valence-electron chi connectivity index (χ0n) is 15.1. The lowest BCUT2D eigenvalue weighted by Crippen LogP contribution is -2.63. The Kier molecular flexibility index (Phi) is 5.23. The Labute approximate surface area is 143 Å². The van der Waals surface area contributed by atoms with Crippen LogP contribution in [-0.2, 0) is 16.0 Å². The predicted octanol–water partition coefficient (Wildman–Crippen LogP) is 2.90. The van der Waals surface area contributed by atoms with Gasteiger partial charge in [0, 0.05) is 38.0 Å². The molecule has 24 heavy (non-hydrogen) atoms. The van der Waals surface area contributed by atoms with E-state index in [4.69, 9.17) is 9.26 Å². The molecule has 1 aromatic rings. The standard InChI is InChI=1S/C18H29N3O3/c1-4-23-15-12-14(18(15)10-5-6-11-18)21(3)17(22)9-7-8-16-19-13(2)20-24-16/h14-15H,4-12H2,1-3H3/t14-,15-/m0/s1. The molecule has 3 rings (SSSR count). The molecule has 1 spiro atoms. The highest BCUT2D eigenvalue weighted by Gasteiger charge is 2.58. The second-order valence-electron chi connectivity index (χ2n) is 7.23. The Bertz CT molecular complexity index is 566. The smallest absolute Gasteiger partial charge is 0.226 e. The third-order valence-electron chi connectivity index (χ3n) is 5.86. The van der Waals surface area contributed by atoms with Gasteiger partial charge >= 0.3 is 0 Å². The van der Waals surface area contributed by atoms with Crippen molar-refractivity contribution in [2.45, 2.75) is 77.4 Å². The van der Waals surface area contributed by atoms with Gasteiger partial charge in [-0.1, -0.05) is 18.0 Å². The SMILES string of the molecule is CCO[C@H]1C[C@H](N(C)C(=O)CCCc2nc(C)no2)C12CCCC2. The lowest BCUT2D eigenvalue weighted by Gasteiger charge is -2.57. The molecule has 0 saturated heterocycles. The summed E-state index contributed by atoms with van der Waals surface area (Å²) in [6.45, 7) is 4.63. The van der Waals surface area contributed by atoms with Crippen LogP contribution in [0.25, 0.3) is 0 Å². The van der Waals surface area contributed by atoms with Gasteiger partial charge in [0.05, 0.1) is 6.10 Å². The van der Waals surface area contributed by atoms with Crippen molar-refractivity contribution < 1.29 is 14.1 Å². The van der Waals surface area contributed by atoms with Gasteiger partial charge in [-0.25, -0.2) is 0 Å². The number of amides is 1. The predicted molar refractivity (Wildman–Crippen MR) is 89.5 cm³/mol. The molecule has 2 aliphatic carbocycles. The first-order chi connectivity index (χ1) is 11.6. The molecule has 2 saturated carbocycles. The fraction of sp³-hybridized carbons (Fsp3) is 0.833. The molecule has 0 radical (unpaired) electrons. The second kappa shape index (κ2) is 7.21. The Morgan fingerprint density at radius 2 is 2.17 bits per heavy atom. The van der Waals surface area contributed by atoms with Crippen molar-refractivity contribution in [3.05, 3.63) is 11.7 Å². The highest BCUT2D eigenvalue weighted by molar-refractivity contribution is 5.76. The molecule has 0 unspecified atom stereocenters. The summed E-state index contributed by atoms with van der Waals surface area (Å²) in [6.07, 6.45) is 8.19. The minimum Gasteiger partial charge on any atom is -0.378 e. The number of aromatic nitrogens is 2. The molecule has 2 atom stereocenters. The maximum Gasteiger partial charge on any atom is 0.226 e. The first-order valence-electron chi connectivity index (χ1n) is 9.23. The molecule has 0 N–H and O–H groups in total.